The first-order chi connectivity index (χ1) is 12.5. The van der Waals surface area contributed by atoms with Crippen molar-refractivity contribution in [2.45, 2.75) is 25.3 Å². The summed E-state index contributed by atoms with van der Waals surface area (Å²) in [6, 6.07) is 4.95. The number of ether oxygens (including phenoxy) is 2. The third-order valence-corrected chi connectivity index (χ3v) is 5.09. The van der Waals surface area contributed by atoms with Crippen LogP contribution in [-0.2, 0) is 9.59 Å². The molecule has 1 saturated carbocycles. The third kappa shape index (κ3) is 5.05. The lowest BCUT2D eigenvalue weighted by atomic mass is 10.2. The molecule has 1 N–H and O–H groups in total. The topological polar surface area (TPSA) is 71.1 Å². The minimum Gasteiger partial charge on any atom is -0.497 e. The molecule has 2 amide bonds. The number of nitrogens with zero attached hydrogens (tertiary/aromatic N) is 2. The molecule has 27 heavy (non-hydrogen) atoms. The zero-order valence-corrected chi connectivity index (χ0v) is 16.9. The van der Waals surface area contributed by atoms with Gasteiger partial charge in [-0.25, -0.2) is 0 Å². The average molecular weight is 398 g/mol. The van der Waals surface area contributed by atoms with Gasteiger partial charge in [0.1, 0.15) is 17.5 Å². The maximum atomic E-state index is 12.9. The van der Waals surface area contributed by atoms with Crippen molar-refractivity contribution in [3.63, 3.8) is 0 Å². The summed E-state index contributed by atoms with van der Waals surface area (Å²) in [5.41, 5.74) is 0.724. The Morgan fingerprint density at radius 2 is 1.81 bits per heavy atom. The molecule has 1 aliphatic carbocycles. The Balaban J connectivity index is 0.00000261. The van der Waals surface area contributed by atoms with Gasteiger partial charge in [-0.1, -0.05) is 0 Å². The van der Waals surface area contributed by atoms with E-state index in [0.29, 0.717) is 24.5 Å². The molecule has 1 aromatic rings. The summed E-state index contributed by atoms with van der Waals surface area (Å²) >= 11 is 0. The molecule has 3 rings (SSSR count). The van der Waals surface area contributed by atoms with Gasteiger partial charge in [0.25, 0.3) is 0 Å². The highest BCUT2D eigenvalue weighted by Crippen LogP contribution is 2.32. The number of carbonyl (C=O) groups excluding carboxylic acids is 2. The fraction of sp³-hybridized carbons (Fsp3) is 0.579. The van der Waals surface area contributed by atoms with Gasteiger partial charge >= 0.3 is 0 Å². The molecule has 1 saturated heterocycles. The first-order valence-electron chi connectivity index (χ1n) is 9.04. The third-order valence-electron chi connectivity index (χ3n) is 5.09. The summed E-state index contributed by atoms with van der Waals surface area (Å²) in [6.07, 6.45) is 3.11. The Labute approximate surface area is 166 Å². The number of nitrogens with one attached hydrogen (secondary N) is 1. The predicted octanol–water partition coefficient (Wildman–Crippen LogP) is 1.69. The van der Waals surface area contributed by atoms with Crippen LogP contribution < -0.4 is 19.7 Å². The molecule has 1 heterocycles. The second-order valence-corrected chi connectivity index (χ2v) is 6.94. The zero-order valence-electron chi connectivity index (χ0n) is 16.1. The fourth-order valence-electron chi connectivity index (χ4n) is 3.23. The maximum absolute atomic E-state index is 12.9. The van der Waals surface area contributed by atoms with Crippen molar-refractivity contribution in [2.24, 2.45) is 5.92 Å². The van der Waals surface area contributed by atoms with Crippen LogP contribution in [-0.4, -0.2) is 63.7 Å². The molecule has 0 aromatic heterocycles. The molecule has 1 unspecified atom stereocenters. The van der Waals surface area contributed by atoms with E-state index in [1.54, 1.807) is 37.1 Å². The van der Waals surface area contributed by atoms with E-state index in [1.807, 2.05) is 12.1 Å². The molecule has 8 heteroatoms. The second-order valence-electron chi connectivity index (χ2n) is 6.94. The number of carbonyl (C=O) groups is 2. The smallest absolute Gasteiger partial charge is 0.249 e. The molecule has 0 bridgehead atoms. The van der Waals surface area contributed by atoms with Crippen molar-refractivity contribution in [1.29, 1.82) is 0 Å². The van der Waals surface area contributed by atoms with Crippen molar-refractivity contribution >= 4 is 29.9 Å². The Morgan fingerprint density at radius 1 is 1.19 bits per heavy atom. The molecule has 7 nitrogen and oxygen atoms in total. The Hall–Kier alpha value is -1.99. The van der Waals surface area contributed by atoms with E-state index in [9.17, 15) is 9.59 Å². The minimum atomic E-state index is -0.428. The number of likely N-dealkylation sites (N-methyl/N-ethyl adjacent to an activating group) is 1. The second kappa shape index (κ2) is 9.28. The zero-order chi connectivity index (χ0) is 18.7. The molecule has 2 aliphatic rings. The highest BCUT2D eigenvalue weighted by atomic mass is 35.5. The number of hydrogen-bond donors (Lipinski definition) is 1. The van der Waals surface area contributed by atoms with Gasteiger partial charge < -0.3 is 24.6 Å². The van der Waals surface area contributed by atoms with E-state index < -0.39 is 6.04 Å². The molecule has 150 valence electrons. The first kappa shape index (κ1) is 21.3. The molecule has 1 atom stereocenters. The summed E-state index contributed by atoms with van der Waals surface area (Å²) in [4.78, 5) is 28.5. The van der Waals surface area contributed by atoms with Gasteiger partial charge in [0.15, 0.2) is 0 Å². The Kier molecular flexibility index (Phi) is 7.33. The highest BCUT2D eigenvalue weighted by molar-refractivity contribution is 6.01. The van der Waals surface area contributed by atoms with Gasteiger partial charge in [-0.2, -0.15) is 0 Å². The lowest BCUT2D eigenvalue weighted by Crippen LogP contribution is -2.46. The quantitative estimate of drug-likeness (QED) is 0.722. The van der Waals surface area contributed by atoms with E-state index in [0.717, 1.165) is 18.2 Å². The largest absolute Gasteiger partial charge is 0.497 e. The number of methoxy groups -OCH3 is 2. The molecular formula is C19H28ClN3O4. The number of hydrogen-bond acceptors (Lipinski definition) is 5. The lowest BCUT2D eigenvalue weighted by Gasteiger charge is -2.24. The Morgan fingerprint density at radius 3 is 2.37 bits per heavy atom. The maximum Gasteiger partial charge on any atom is 0.249 e. The number of anilines is 1. The van der Waals surface area contributed by atoms with E-state index in [-0.39, 0.29) is 30.8 Å². The van der Waals surface area contributed by atoms with Crippen LogP contribution in [0.3, 0.4) is 0 Å². The van der Waals surface area contributed by atoms with Crippen molar-refractivity contribution in [3.05, 3.63) is 18.2 Å². The van der Waals surface area contributed by atoms with E-state index in [2.05, 4.69) is 5.32 Å². The van der Waals surface area contributed by atoms with Crippen molar-refractivity contribution in [2.75, 3.05) is 45.8 Å². The summed E-state index contributed by atoms with van der Waals surface area (Å²) in [7, 11) is 4.86. The van der Waals surface area contributed by atoms with Crippen LogP contribution in [0.1, 0.15) is 19.3 Å². The number of benzene rings is 1. The van der Waals surface area contributed by atoms with Crippen LogP contribution in [0, 0.1) is 5.92 Å². The van der Waals surface area contributed by atoms with Gasteiger partial charge in [-0.05, 0) is 31.7 Å². The number of halogens is 1. The van der Waals surface area contributed by atoms with E-state index >= 15 is 0 Å². The van der Waals surface area contributed by atoms with E-state index in [4.69, 9.17) is 9.47 Å². The predicted molar refractivity (Wildman–Crippen MR) is 106 cm³/mol. The van der Waals surface area contributed by atoms with Gasteiger partial charge in [0.2, 0.25) is 11.8 Å². The molecule has 1 aromatic carbocycles. The number of rotatable bonds is 8. The van der Waals surface area contributed by atoms with Gasteiger partial charge in [-0.3, -0.25) is 9.59 Å². The van der Waals surface area contributed by atoms with Crippen LogP contribution in [0.25, 0.3) is 0 Å². The van der Waals surface area contributed by atoms with Gasteiger partial charge in [0, 0.05) is 31.8 Å². The monoisotopic (exact) mass is 397 g/mol. The summed E-state index contributed by atoms with van der Waals surface area (Å²) in [5, 5.41) is 3.19. The summed E-state index contributed by atoms with van der Waals surface area (Å²) in [6.45, 7) is 1.73. The molecule has 1 aliphatic heterocycles. The molecular weight excluding hydrogens is 370 g/mol. The lowest BCUT2D eigenvalue weighted by molar-refractivity contribution is -0.135. The van der Waals surface area contributed by atoms with Crippen molar-refractivity contribution < 1.29 is 19.1 Å². The Bertz CT molecular complexity index is 659. The van der Waals surface area contributed by atoms with Crippen LogP contribution in [0.4, 0.5) is 5.69 Å². The highest BCUT2D eigenvalue weighted by Gasteiger charge is 2.37. The summed E-state index contributed by atoms with van der Waals surface area (Å²) < 4.78 is 10.6. The SMILES string of the molecule is COc1cc(OC)cc(N2CCC(N(C)C(=O)CNCC3CC3)C2=O)c1.Cl. The first-order valence-corrected chi connectivity index (χ1v) is 9.04. The minimum absolute atomic E-state index is 0. The standard InChI is InChI=1S/C19H27N3O4.ClH/c1-21(18(23)12-20-11-13-4-5-13)17-6-7-22(19(17)24)14-8-15(25-2)10-16(9-14)26-3;/h8-10,13,17,20H,4-7,11-12H2,1-3H3;1H. The van der Waals surface area contributed by atoms with Crippen molar-refractivity contribution in [3.8, 4) is 11.5 Å². The summed E-state index contributed by atoms with van der Waals surface area (Å²) in [5.74, 6) is 1.86. The van der Waals surface area contributed by atoms with Crippen molar-refractivity contribution in [1.82, 2.24) is 10.2 Å². The van der Waals surface area contributed by atoms with Gasteiger partial charge in [0.05, 0.1) is 26.5 Å². The van der Waals surface area contributed by atoms with E-state index in [1.165, 1.54) is 12.8 Å². The van der Waals surface area contributed by atoms with Crippen LogP contribution in [0.2, 0.25) is 0 Å². The van der Waals surface area contributed by atoms with Gasteiger partial charge in [-0.15, -0.1) is 12.4 Å². The molecule has 0 spiro atoms. The molecule has 2 fully saturated rings. The number of amides is 2. The van der Waals surface area contributed by atoms with Crippen LogP contribution in [0.15, 0.2) is 18.2 Å². The molecule has 0 radical (unpaired) electrons. The van der Waals surface area contributed by atoms with Crippen LogP contribution in [0.5, 0.6) is 11.5 Å². The fourth-order valence-corrected chi connectivity index (χ4v) is 3.23. The van der Waals surface area contributed by atoms with Crippen LogP contribution >= 0.6 is 12.4 Å². The normalized spacial score (nSPS) is 18.9. The average Bonchev–Trinajstić information content (AvgIpc) is 3.40.